The van der Waals surface area contributed by atoms with Gasteiger partial charge in [0.25, 0.3) is 0 Å². The summed E-state index contributed by atoms with van der Waals surface area (Å²) in [5.41, 5.74) is 0.706. The van der Waals surface area contributed by atoms with Gasteiger partial charge in [-0.3, -0.25) is 4.79 Å². The van der Waals surface area contributed by atoms with E-state index in [1.165, 1.54) is 12.5 Å². The Labute approximate surface area is 125 Å². The first-order chi connectivity index (χ1) is 9.94. The average Bonchev–Trinajstić information content (AvgIpc) is 2.45. The predicted molar refractivity (Wildman–Crippen MR) is 78.7 cm³/mol. The monoisotopic (exact) mass is 288 g/mol. The van der Waals surface area contributed by atoms with Gasteiger partial charge >= 0.3 is 0 Å². The Morgan fingerprint density at radius 1 is 1.48 bits per heavy atom. The van der Waals surface area contributed by atoms with Crippen molar-refractivity contribution in [1.29, 1.82) is 5.26 Å². The van der Waals surface area contributed by atoms with Gasteiger partial charge in [-0.25, -0.2) is 4.39 Å². The zero-order valence-corrected chi connectivity index (χ0v) is 12.6. The van der Waals surface area contributed by atoms with Crippen LogP contribution in [0.5, 0.6) is 0 Å². The minimum atomic E-state index is -0.447. The number of carbonyl (C=O) groups excluding carboxylic acids is 1. The average molecular weight is 288 g/mol. The summed E-state index contributed by atoms with van der Waals surface area (Å²) in [6, 6.07) is 6.22. The molecule has 1 aromatic rings. The highest BCUT2D eigenvalue weighted by Crippen LogP contribution is 2.40. The molecular formula is C17H21FN2O. The Hall–Kier alpha value is -1.89. The molecule has 21 heavy (non-hydrogen) atoms. The first-order valence-electron chi connectivity index (χ1n) is 7.40. The summed E-state index contributed by atoms with van der Waals surface area (Å²) in [5.74, 6) is -0.451. The normalized spacial score (nSPS) is 20.6. The van der Waals surface area contributed by atoms with Crippen molar-refractivity contribution in [2.75, 3.05) is 0 Å². The third-order valence-corrected chi connectivity index (χ3v) is 4.46. The van der Waals surface area contributed by atoms with Crippen molar-refractivity contribution < 1.29 is 9.18 Å². The zero-order chi connectivity index (χ0) is 15.5. The number of hydrogen-bond acceptors (Lipinski definition) is 2. The lowest BCUT2D eigenvalue weighted by atomic mass is 9.68. The zero-order valence-electron chi connectivity index (χ0n) is 12.6. The fraction of sp³-hybridized carbons (Fsp3) is 0.529. The molecule has 0 aliphatic heterocycles. The van der Waals surface area contributed by atoms with Crippen LogP contribution in [-0.2, 0) is 11.3 Å². The summed E-state index contributed by atoms with van der Waals surface area (Å²) in [7, 11) is 0. The first-order valence-corrected chi connectivity index (χ1v) is 7.40. The largest absolute Gasteiger partial charge is 0.352 e. The molecule has 112 valence electrons. The van der Waals surface area contributed by atoms with Crippen molar-refractivity contribution >= 4 is 5.91 Å². The second kappa shape index (κ2) is 6.26. The highest BCUT2D eigenvalue weighted by Gasteiger charge is 2.36. The molecule has 0 bridgehead atoms. The van der Waals surface area contributed by atoms with Crippen LogP contribution in [0.4, 0.5) is 4.39 Å². The van der Waals surface area contributed by atoms with Gasteiger partial charge in [-0.2, -0.15) is 5.26 Å². The number of hydrogen-bond donors (Lipinski definition) is 1. The fourth-order valence-corrected chi connectivity index (χ4v) is 3.05. The molecule has 1 aliphatic rings. The van der Waals surface area contributed by atoms with E-state index in [2.05, 4.69) is 19.2 Å². The van der Waals surface area contributed by atoms with Crippen LogP contribution >= 0.6 is 0 Å². The van der Waals surface area contributed by atoms with Gasteiger partial charge in [0.2, 0.25) is 5.91 Å². The number of carbonyl (C=O) groups is 1. The number of rotatable bonds is 3. The van der Waals surface area contributed by atoms with Gasteiger partial charge in [0.15, 0.2) is 0 Å². The summed E-state index contributed by atoms with van der Waals surface area (Å²) < 4.78 is 13.8. The van der Waals surface area contributed by atoms with E-state index in [0.717, 1.165) is 19.3 Å². The number of halogens is 1. The molecule has 0 radical (unpaired) electrons. The fourth-order valence-electron chi connectivity index (χ4n) is 3.05. The molecule has 1 aromatic carbocycles. The number of benzene rings is 1. The maximum Gasteiger partial charge on any atom is 0.223 e. The second-order valence-corrected chi connectivity index (χ2v) is 6.42. The maximum atomic E-state index is 13.8. The minimum Gasteiger partial charge on any atom is -0.352 e. The molecule has 0 saturated heterocycles. The third kappa shape index (κ3) is 3.60. The number of nitrogens with zero attached hydrogens (tertiary/aromatic N) is 1. The standard InChI is InChI=1S/C17H21FN2O/c1-17(2)8-4-3-5-14(17)16(21)20-11-13-7-6-12(10-19)9-15(13)18/h6-7,9,14H,3-5,8,11H2,1-2H3,(H,20,21). The highest BCUT2D eigenvalue weighted by molar-refractivity contribution is 5.79. The lowest BCUT2D eigenvalue weighted by Gasteiger charge is -2.37. The molecule has 3 nitrogen and oxygen atoms in total. The van der Waals surface area contributed by atoms with Crippen molar-refractivity contribution in [3.05, 3.63) is 35.1 Å². The molecule has 2 rings (SSSR count). The van der Waals surface area contributed by atoms with Crippen molar-refractivity contribution in [2.24, 2.45) is 11.3 Å². The van der Waals surface area contributed by atoms with Gasteiger partial charge in [0.1, 0.15) is 5.82 Å². The molecular weight excluding hydrogens is 267 g/mol. The molecule has 1 atom stereocenters. The molecule has 1 fully saturated rings. The second-order valence-electron chi connectivity index (χ2n) is 6.42. The van der Waals surface area contributed by atoms with E-state index in [-0.39, 0.29) is 29.3 Å². The van der Waals surface area contributed by atoms with Crippen LogP contribution in [0.15, 0.2) is 18.2 Å². The summed E-state index contributed by atoms with van der Waals surface area (Å²) >= 11 is 0. The van der Waals surface area contributed by atoms with E-state index in [0.29, 0.717) is 5.56 Å². The van der Waals surface area contributed by atoms with E-state index in [4.69, 9.17) is 5.26 Å². The Balaban J connectivity index is 1.99. The van der Waals surface area contributed by atoms with E-state index in [1.807, 2.05) is 6.07 Å². The third-order valence-electron chi connectivity index (χ3n) is 4.46. The Morgan fingerprint density at radius 3 is 2.86 bits per heavy atom. The summed E-state index contributed by atoms with van der Waals surface area (Å²) in [6.45, 7) is 4.42. The molecule has 0 spiro atoms. The summed E-state index contributed by atoms with van der Waals surface area (Å²) in [6.07, 6.45) is 4.19. The maximum absolute atomic E-state index is 13.8. The number of amides is 1. The number of nitrogens with one attached hydrogen (secondary N) is 1. The highest BCUT2D eigenvalue weighted by atomic mass is 19.1. The Bertz CT molecular complexity index is 575. The minimum absolute atomic E-state index is 0.00320. The van der Waals surface area contributed by atoms with Gasteiger partial charge in [0, 0.05) is 18.0 Å². The van der Waals surface area contributed by atoms with Crippen molar-refractivity contribution in [1.82, 2.24) is 5.32 Å². The van der Waals surface area contributed by atoms with Gasteiger partial charge in [-0.15, -0.1) is 0 Å². The van der Waals surface area contributed by atoms with E-state index in [9.17, 15) is 9.18 Å². The van der Waals surface area contributed by atoms with Crippen LogP contribution in [0.25, 0.3) is 0 Å². The van der Waals surface area contributed by atoms with Gasteiger partial charge < -0.3 is 5.32 Å². The van der Waals surface area contributed by atoms with Gasteiger partial charge in [-0.1, -0.05) is 32.8 Å². The molecule has 0 heterocycles. The lowest BCUT2D eigenvalue weighted by Crippen LogP contribution is -2.40. The predicted octanol–water partition coefficient (Wildman–Crippen LogP) is 3.53. The summed E-state index contributed by atoms with van der Waals surface area (Å²) in [4.78, 5) is 12.3. The van der Waals surface area contributed by atoms with Crippen LogP contribution in [0, 0.1) is 28.5 Å². The quantitative estimate of drug-likeness (QED) is 0.925. The van der Waals surface area contributed by atoms with Crippen molar-refractivity contribution in [2.45, 2.75) is 46.1 Å². The van der Waals surface area contributed by atoms with E-state index >= 15 is 0 Å². The van der Waals surface area contributed by atoms with Gasteiger partial charge in [0.05, 0.1) is 11.6 Å². The Kier molecular flexibility index (Phi) is 4.62. The molecule has 1 unspecified atom stereocenters. The van der Waals surface area contributed by atoms with E-state index < -0.39 is 5.82 Å². The number of nitriles is 1. The SMILES string of the molecule is CC1(C)CCCCC1C(=O)NCc1ccc(C#N)cc1F. The van der Waals surface area contributed by atoms with Crippen LogP contribution in [0.3, 0.4) is 0 Å². The molecule has 1 amide bonds. The smallest absolute Gasteiger partial charge is 0.223 e. The molecule has 1 N–H and O–H groups in total. The first kappa shape index (κ1) is 15.5. The molecule has 1 saturated carbocycles. The molecule has 4 heteroatoms. The lowest BCUT2D eigenvalue weighted by molar-refractivity contribution is -0.130. The van der Waals surface area contributed by atoms with Gasteiger partial charge in [-0.05, 0) is 30.4 Å². The van der Waals surface area contributed by atoms with Crippen molar-refractivity contribution in [3.8, 4) is 6.07 Å². The van der Waals surface area contributed by atoms with Crippen LogP contribution in [0.2, 0.25) is 0 Å². The molecule has 1 aliphatic carbocycles. The Morgan fingerprint density at radius 2 is 2.24 bits per heavy atom. The van der Waals surface area contributed by atoms with Crippen molar-refractivity contribution in [3.63, 3.8) is 0 Å². The van der Waals surface area contributed by atoms with E-state index in [1.54, 1.807) is 12.1 Å². The summed E-state index contributed by atoms with van der Waals surface area (Å²) in [5, 5.41) is 11.6. The molecule has 0 aromatic heterocycles. The van der Waals surface area contributed by atoms with Crippen LogP contribution < -0.4 is 5.32 Å². The van der Waals surface area contributed by atoms with Crippen LogP contribution in [0.1, 0.15) is 50.7 Å². The topological polar surface area (TPSA) is 52.9 Å². The van der Waals surface area contributed by atoms with Crippen LogP contribution in [-0.4, -0.2) is 5.91 Å².